The molecule has 0 spiro atoms. The second-order valence-corrected chi connectivity index (χ2v) is 3.84. The first-order valence-corrected chi connectivity index (χ1v) is 5.26. The van der Waals surface area contributed by atoms with Crippen LogP contribution in [0.2, 0.25) is 5.02 Å². The highest BCUT2D eigenvalue weighted by molar-refractivity contribution is 6.33. The summed E-state index contributed by atoms with van der Waals surface area (Å²) in [5, 5.41) is 8.58. The number of halogens is 2. The minimum Gasteiger partial charge on any atom is -0.478 e. The minimum absolute atomic E-state index is 0.170. The van der Waals surface area contributed by atoms with Crippen molar-refractivity contribution >= 4 is 17.6 Å². The lowest BCUT2D eigenvalue weighted by Crippen LogP contribution is -2.01. The Morgan fingerprint density at radius 2 is 1.76 bits per heavy atom. The van der Waals surface area contributed by atoms with Gasteiger partial charge < -0.3 is 5.11 Å². The van der Waals surface area contributed by atoms with Crippen LogP contribution >= 0.6 is 11.6 Å². The van der Waals surface area contributed by atoms with Crippen LogP contribution in [0.5, 0.6) is 0 Å². The van der Waals surface area contributed by atoms with E-state index in [1.165, 1.54) is 12.1 Å². The minimum atomic E-state index is -1.33. The van der Waals surface area contributed by atoms with Crippen molar-refractivity contribution in [1.29, 1.82) is 0 Å². The first-order valence-electron chi connectivity index (χ1n) is 4.88. The van der Waals surface area contributed by atoms with Crippen molar-refractivity contribution in [2.24, 2.45) is 0 Å². The Morgan fingerprint density at radius 3 is 2.35 bits per heavy atom. The normalized spacial score (nSPS) is 10.2. The molecule has 0 radical (unpaired) electrons. The predicted molar refractivity (Wildman–Crippen MR) is 63.8 cm³/mol. The van der Waals surface area contributed by atoms with Gasteiger partial charge in [-0.25, -0.2) is 9.18 Å². The van der Waals surface area contributed by atoms with Gasteiger partial charge in [0, 0.05) is 5.56 Å². The summed E-state index contributed by atoms with van der Waals surface area (Å²) in [5.74, 6) is -2.23. The summed E-state index contributed by atoms with van der Waals surface area (Å²) in [6, 6.07) is 11.7. The molecule has 2 rings (SSSR count). The third-order valence-electron chi connectivity index (χ3n) is 2.40. The van der Waals surface area contributed by atoms with Gasteiger partial charge in [-0.2, -0.15) is 0 Å². The van der Waals surface area contributed by atoms with Gasteiger partial charge in [-0.15, -0.1) is 0 Å². The van der Waals surface area contributed by atoms with E-state index in [9.17, 15) is 9.18 Å². The Bertz CT molecular complexity index is 567. The van der Waals surface area contributed by atoms with E-state index >= 15 is 0 Å². The molecule has 0 atom stereocenters. The number of carbonyl (C=O) groups is 1. The lowest BCUT2D eigenvalue weighted by molar-refractivity contribution is 0.0692. The molecule has 0 aliphatic carbocycles. The van der Waals surface area contributed by atoms with Crippen LogP contribution in [-0.2, 0) is 0 Å². The zero-order valence-corrected chi connectivity index (χ0v) is 9.41. The number of aromatic carboxylic acids is 1. The van der Waals surface area contributed by atoms with Crippen molar-refractivity contribution in [1.82, 2.24) is 0 Å². The van der Waals surface area contributed by atoms with E-state index in [0.29, 0.717) is 5.56 Å². The van der Waals surface area contributed by atoms with Gasteiger partial charge >= 0.3 is 5.97 Å². The average Bonchev–Trinajstić information content (AvgIpc) is 2.33. The SMILES string of the molecule is O=C(O)c1ccc(-c2ccccc2)c(Cl)c1F. The highest BCUT2D eigenvalue weighted by Gasteiger charge is 2.16. The molecule has 86 valence electrons. The smallest absolute Gasteiger partial charge is 0.338 e. The molecule has 0 bridgehead atoms. The largest absolute Gasteiger partial charge is 0.478 e. The lowest BCUT2D eigenvalue weighted by Gasteiger charge is -2.07. The highest BCUT2D eigenvalue weighted by atomic mass is 35.5. The maximum atomic E-state index is 13.7. The zero-order chi connectivity index (χ0) is 12.4. The van der Waals surface area contributed by atoms with Gasteiger partial charge in [0.2, 0.25) is 0 Å². The Kier molecular flexibility index (Phi) is 3.11. The molecule has 1 N–H and O–H groups in total. The third kappa shape index (κ3) is 2.15. The molecule has 2 aromatic carbocycles. The maximum absolute atomic E-state index is 13.7. The molecule has 0 fully saturated rings. The van der Waals surface area contributed by atoms with E-state index in [1.807, 2.05) is 6.07 Å². The van der Waals surface area contributed by atoms with Gasteiger partial charge in [0.05, 0.1) is 10.6 Å². The van der Waals surface area contributed by atoms with Crippen LogP contribution in [0.15, 0.2) is 42.5 Å². The van der Waals surface area contributed by atoms with Crippen molar-refractivity contribution in [3.8, 4) is 11.1 Å². The van der Waals surface area contributed by atoms with Crippen molar-refractivity contribution in [2.75, 3.05) is 0 Å². The van der Waals surface area contributed by atoms with E-state index in [1.54, 1.807) is 24.3 Å². The summed E-state index contributed by atoms with van der Waals surface area (Å²) in [7, 11) is 0. The zero-order valence-electron chi connectivity index (χ0n) is 8.65. The Balaban J connectivity index is 2.60. The van der Waals surface area contributed by atoms with Crippen LogP contribution in [-0.4, -0.2) is 11.1 Å². The second-order valence-electron chi connectivity index (χ2n) is 3.46. The van der Waals surface area contributed by atoms with Crippen molar-refractivity contribution in [3.05, 3.63) is 58.9 Å². The second kappa shape index (κ2) is 4.55. The van der Waals surface area contributed by atoms with Crippen LogP contribution in [0.4, 0.5) is 4.39 Å². The summed E-state index contributed by atoms with van der Waals surface area (Å²) in [6.45, 7) is 0. The third-order valence-corrected chi connectivity index (χ3v) is 2.77. The summed E-state index contributed by atoms with van der Waals surface area (Å²) >= 11 is 5.84. The molecular formula is C13H8ClFO2. The van der Waals surface area contributed by atoms with E-state index in [4.69, 9.17) is 16.7 Å². The number of benzene rings is 2. The predicted octanol–water partition coefficient (Wildman–Crippen LogP) is 3.84. The number of hydrogen-bond donors (Lipinski definition) is 1. The molecule has 0 aliphatic heterocycles. The highest BCUT2D eigenvalue weighted by Crippen LogP contribution is 2.31. The van der Waals surface area contributed by atoms with Gasteiger partial charge in [0.25, 0.3) is 0 Å². The molecule has 4 heteroatoms. The van der Waals surface area contributed by atoms with Crippen molar-refractivity contribution in [2.45, 2.75) is 0 Å². The molecule has 0 aliphatic rings. The first kappa shape index (κ1) is 11.6. The van der Waals surface area contributed by atoms with Crippen molar-refractivity contribution < 1.29 is 14.3 Å². The van der Waals surface area contributed by atoms with E-state index in [2.05, 4.69) is 0 Å². The molecule has 0 saturated carbocycles. The summed E-state index contributed by atoms with van der Waals surface area (Å²) in [6.07, 6.45) is 0. The number of rotatable bonds is 2. The Labute approximate surface area is 102 Å². The van der Waals surface area contributed by atoms with Crippen LogP contribution in [0.3, 0.4) is 0 Å². The fraction of sp³-hybridized carbons (Fsp3) is 0. The number of carboxylic acids is 1. The molecule has 2 nitrogen and oxygen atoms in total. The fourth-order valence-corrected chi connectivity index (χ4v) is 1.83. The van der Waals surface area contributed by atoms with Gasteiger partial charge in [-0.05, 0) is 11.6 Å². The Hall–Kier alpha value is -1.87. The van der Waals surface area contributed by atoms with Gasteiger partial charge in [-0.1, -0.05) is 48.0 Å². The molecule has 0 aromatic heterocycles. The quantitative estimate of drug-likeness (QED) is 0.879. The van der Waals surface area contributed by atoms with Gasteiger partial charge in [0.15, 0.2) is 5.82 Å². The number of hydrogen-bond acceptors (Lipinski definition) is 1. The standard InChI is InChI=1S/C13H8ClFO2/c14-11-9(8-4-2-1-3-5-8)6-7-10(12(11)15)13(16)17/h1-7H,(H,16,17). The molecule has 0 amide bonds. The van der Waals surface area contributed by atoms with Crippen LogP contribution in [0, 0.1) is 5.82 Å². The first-order chi connectivity index (χ1) is 8.11. The maximum Gasteiger partial charge on any atom is 0.338 e. The average molecular weight is 251 g/mol. The topological polar surface area (TPSA) is 37.3 Å². The van der Waals surface area contributed by atoms with Crippen LogP contribution < -0.4 is 0 Å². The van der Waals surface area contributed by atoms with E-state index in [-0.39, 0.29) is 5.02 Å². The molecule has 0 unspecified atom stereocenters. The lowest BCUT2D eigenvalue weighted by atomic mass is 10.0. The monoisotopic (exact) mass is 250 g/mol. The summed E-state index contributed by atoms with van der Waals surface area (Å²) < 4.78 is 13.7. The molecular weight excluding hydrogens is 243 g/mol. The molecule has 0 heterocycles. The summed E-state index contributed by atoms with van der Waals surface area (Å²) in [5.41, 5.74) is 0.804. The van der Waals surface area contributed by atoms with Crippen LogP contribution in [0.25, 0.3) is 11.1 Å². The van der Waals surface area contributed by atoms with Gasteiger partial charge in [-0.3, -0.25) is 0 Å². The van der Waals surface area contributed by atoms with Crippen molar-refractivity contribution in [3.63, 3.8) is 0 Å². The van der Waals surface area contributed by atoms with Crippen LogP contribution in [0.1, 0.15) is 10.4 Å². The fourth-order valence-electron chi connectivity index (χ4n) is 1.56. The van der Waals surface area contributed by atoms with E-state index in [0.717, 1.165) is 5.56 Å². The molecule has 2 aromatic rings. The van der Waals surface area contributed by atoms with Gasteiger partial charge in [0.1, 0.15) is 0 Å². The summed E-state index contributed by atoms with van der Waals surface area (Å²) in [4.78, 5) is 10.7. The Morgan fingerprint density at radius 1 is 1.12 bits per heavy atom. The molecule has 0 saturated heterocycles. The number of carboxylic acid groups (broad SMARTS) is 1. The molecule has 17 heavy (non-hydrogen) atoms. The van der Waals surface area contributed by atoms with E-state index < -0.39 is 17.3 Å².